The normalized spacial score (nSPS) is 19.5. The molecule has 1 aromatic carbocycles. The van der Waals surface area contributed by atoms with Gasteiger partial charge < -0.3 is 16.2 Å². The van der Waals surface area contributed by atoms with Crippen LogP contribution in [0.3, 0.4) is 0 Å². The van der Waals surface area contributed by atoms with E-state index in [1.807, 2.05) is 31.2 Å². The van der Waals surface area contributed by atoms with E-state index >= 15 is 0 Å². The lowest BCUT2D eigenvalue weighted by Crippen LogP contribution is -2.43. The first-order valence-electron chi connectivity index (χ1n) is 7.86. The zero-order valence-corrected chi connectivity index (χ0v) is 12.8. The van der Waals surface area contributed by atoms with Crippen molar-refractivity contribution in [2.45, 2.75) is 57.0 Å². The van der Waals surface area contributed by atoms with Crippen LogP contribution in [0.25, 0.3) is 0 Å². The Hall–Kier alpha value is -1.55. The number of hydrogen-bond acceptors (Lipinski definition) is 3. The molecule has 4 N–H and O–H groups in total. The van der Waals surface area contributed by atoms with E-state index in [0.29, 0.717) is 12.2 Å². The lowest BCUT2D eigenvalue weighted by atomic mass is 9.93. The Balaban J connectivity index is 1.91. The van der Waals surface area contributed by atoms with E-state index in [1.54, 1.807) is 0 Å². The summed E-state index contributed by atoms with van der Waals surface area (Å²) >= 11 is 0. The van der Waals surface area contributed by atoms with Crippen LogP contribution in [0.2, 0.25) is 0 Å². The topological polar surface area (TPSA) is 75.3 Å². The van der Waals surface area contributed by atoms with Crippen molar-refractivity contribution in [1.29, 1.82) is 0 Å². The van der Waals surface area contributed by atoms with Gasteiger partial charge in [-0.2, -0.15) is 0 Å². The predicted molar refractivity (Wildman–Crippen MR) is 84.9 cm³/mol. The third-order valence-electron chi connectivity index (χ3n) is 4.43. The largest absolute Gasteiger partial charge is 0.399 e. The van der Waals surface area contributed by atoms with E-state index in [9.17, 15) is 9.90 Å². The second-order valence-electron chi connectivity index (χ2n) is 6.25. The molecule has 0 spiro atoms. The van der Waals surface area contributed by atoms with Gasteiger partial charge in [0, 0.05) is 12.2 Å². The highest BCUT2D eigenvalue weighted by molar-refractivity contribution is 5.83. The summed E-state index contributed by atoms with van der Waals surface area (Å²) in [5, 5.41) is 13.5. The molecule has 4 heteroatoms. The molecule has 21 heavy (non-hydrogen) atoms. The van der Waals surface area contributed by atoms with Crippen molar-refractivity contribution in [3.05, 3.63) is 29.8 Å². The molecule has 2 rings (SSSR count). The van der Waals surface area contributed by atoms with E-state index in [4.69, 9.17) is 5.73 Å². The van der Waals surface area contributed by atoms with Crippen molar-refractivity contribution < 1.29 is 9.90 Å². The smallest absolute Gasteiger partial charge is 0.227 e. The molecule has 0 saturated heterocycles. The average Bonchev–Trinajstić information content (AvgIpc) is 2.69. The van der Waals surface area contributed by atoms with Gasteiger partial charge in [-0.15, -0.1) is 0 Å². The maximum Gasteiger partial charge on any atom is 0.227 e. The highest BCUT2D eigenvalue weighted by Gasteiger charge is 2.29. The minimum atomic E-state index is -0.735. The number of anilines is 1. The van der Waals surface area contributed by atoms with Crippen molar-refractivity contribution in [3.63, 3.8) is 0 Å². The fourth-order valence-corrected chi connectivity index (χ4v) is 2.95. The molecule has 116 valence electrons. The van der Waals surface area contributed by atoms with E-state index in [2.05, 4.69) is 5.32 Å². The first kappa shape index (κ1) is 15.8. The van der Waals surface area contributed by atoms with Crippen LogP contribution >= 0.6 is 0 Å². The van der Waals surface area contributed by atoms with Crippen LogP contribution in [0.4, 0.5) is 5.69 Å². The molecule has 0 aliphatic heterocycles. The first-order chi connectivity index (χ1) is 10.0. The number of amides is 1. The Bertz CT molecular complexity index is 479. The summed E-state index contributed by atoms with van der Waals surface area (Å²) in [6.45, 7) is 2.21. The second kappa shape index (κ2) is 6.94. The van der Waals surface area contributed by atoms with E-state index < -0.39 is 5.60 Å². The van der Waals surface area contributed by atoms with E-state index in [1.165, 1.54) is 12.8 Å². The standard InChI is InChI=1S/C17H26N2O2/c1-13(14-7-6-8-15(18)11-14)16(20)19-12-17(21)9-4-2-3-5-10-17/h6-8,11,13,21H,2-5,9-10,12,18H2,1H3,(H,19,20). The number of nitrogens with one attached hydrogen (secondary N) is 1. The van der Waals surface area contributed by atoms with Crippen molar-refractivity contribution in [2.24, 2.45) is 0 Å². The highest BCUT2D eigenvalue weighted by Crippen LogP contribution is 2.26. The molecule has 1 atom stereocenters. The van der Waals surface area contributed by atoms with Crippen LogP contribution in [0.15, 0.2) is 24.3 Å². The number of carbonyl (C=O) groups is 1. The molecule has 1 aliphatic carbocycles. The van der Waals surface area contributed by atoms with Crippen molar-refractivity contribution in [3.8, 4) is 0 Å². The summed E-state index contributed by atoms with van der Waals surface area (Å²) in [7, 11) is 0. The van der Waals surface area contributed by atoms with Gasteiger partial charge >= 0.3 is 0 Å². The fourth-order valence-electron chi connectivity index (χ4n) is 2.95. The third-order valence-corrected chi connectivity index (χ3v) is 4.43. The molecule has 0 radical (unpaired) electrons. The van der Waals surface area contributed by atoms with Gasteiger partial charge in [0.15, 0.2) is 0 Å². The zero-order valence-electron chi connectivity index (χ0n) is 12.8. The number of nitrogens with two attached hydrogens (primary N) is 1. The number of rotatable bonds is 4. The maximum atomic E-state index is 12.3. The van der Waals surface area contributed by atoms with Crippen LogP contribution in [0.1, 0.15) is 56.9 Å². The monoisotopic (exact) mass is 290 g/mol. The Labute approximate surface area is 126 Å². The fraction of sp³-hybridized carbons (Fsp3) is 0.588. The summed E-state index contributed by atoms with van der Waals surface area (Å²) in [6.07, 6.45) is 5.99. The molecule has 0 aromatic heterocycles. The van der Waals surface area contributed by atoms with Crippen molar-refractivity contribution >= 4 is 11.6 Å². The third kappa shape index (κ3) is 4.46. The summed E-state index contributed by atoms with van der Waals surface area (Å²) in [6, 6.07) is 7.39. The Morgan fingerprint density at radius 1 is 1.33 bits per heavy atom. The predicted octanol–water partition coefficient (Wildman–Crippen LogP) is 2.57. The van der Waals surface area contributed by atoms with Gasteiger partial charge in [0.2, 0.25) is 5.91 Å². The van der Waals surface area contributed by atoms with Gasteiger partial charge in [-0.25, -0.2) is 0 Å². The van der Waals surface area contributed by atoms with Gasteiger partial charge in [0.25, 0.3) is 0 Å². The van der Waals surface area contributed by atoms with Gasteiger partial charge in [0.05, 0.1) is 11.5 Å². The number of nitrogen functional groups attached to an aromatic ring is 1. The second-order valence-corrected chi connectivity index (χ2v) is 6.25. The summed E-state index contributed by atoms with van der Waals surface area (Å²) < 4.78 is 0. The lowest BCUT2D eigenvalue weighted by molar-refractivity contribution is -0.123. The van der Waals surface area contributed by atoms with Gasteiger partial charge in [0.1, 0.15) is 0 Å². The average molecular weight is 290 g/mol. The summed E-state index contributed by atoms with van der Waals surface area (Å²) in [4.78, 5) is 12.3. The van der Waals surface area contributed by atoms with Crippen LogP contribution < -0.4 is 11.1 Å². The number of hydrogen-bond donors (Lipinski definition) is 3. The minimum Gasteiger partial charge on any atom is -0.399 e. The van der Waals surface area contributed by atoms with Crippen molar-refractivity contribution in [2.75, 3.05) is 12.3 Å². The zero-order chi connectivity index (χ0) is 15.3. The van der Waals surface area contributed by atoms with E-state index in [-0.39, 0.29) is 11.8 Å². The van der Waals surface area contributed by atoms with Crippen LogP contribution in [-0.4, -0.2) is 23.2 Å². The molecular formula is C17H26N2O2. The molecule has 0 heterocycles. The molecule has 1 unspecified atom stereocenters. The molecule has 1 saturated carbocycles. The quantitative estimate of drug-likeness (QED) is 0.589. The van der Waals surface area contributed by atoms with Gasteiger partial charge in [-0.1, -0.05) is 37.8 Å². The molecule has 1 aliphatic rings. The summed E-state index contributed by atoms with van der Waals surface area (Å²) in [5.41, 5.74) is 6.58. The maximum absolute atomic E-state index is 12.3. The highest BCUT2D eigenvalue weighted by atomic mass is 16.3. The molecule has 4 nitrogen and oxygen atoms in total. The summed E-state index contributed by atoms with van der Waals surface area (Å²) in [5.74, 6) is -0.318. The SMILES string of the molecule is CC(C(=O)NCC1(O)CCCCCC1)c1cccc(N)c1. The number of benzene rings is 1. The van der Waals surface area contributed by atoms with Gasteiger partial charge in [-0.05, 0) is 37.5 Å². The van der Waals surface area contributed by atoms with Crippen LogP contribution in [0, 0.1) is 0 Å². The van der Waals surface area contributed by atoms with Crippen molar-refractivity contribution in [1.82, 2.24) is 5.32 Å². The minimum absolute atomic E-state index is 0.0572. The molecule has 1 fully saturated rings. The molecule has 1 aromatic rings. The Morgan fingerprint density at radius 3 is 2.62 bits per heavy atom. The van der Waals surface area contributed by atoms with Crippen LogP contribution in [0.5, 0.6) is 0 Å². The van der Waals surface area contributed by atoms with Gasteiger partial charge in [-0.3, -0.25) is 4.79 Å². The lowest BCUT2D eigenvalue weighted by Gasteiger charge is -2.27. The first-order valence-corrected chi connectivity index (χ1v) is 7.86. The molecule has 1 amide bonds. The number of carbonyl (C=O) groups excluding carboxylic acids is 1. The van der Waals surface area contributed by atoms with E-state index in [0.717, 1.165) is 31.2 Å². The molecule has 0 bridgehead atoms. The van der Waals surface area contributed by atoms with Crippen LogP contribution in [-0.2, 0) is 4.79 Å². The Kier molecular flexibility index (Phi) is 5.23. The molecular weight excluding hydrogens is 264 g/mol. The Morgan fingerprint density at radius 2 is 2.00 bits per heavy atom. The number of aliphatic hydroxyl groups is 1.